The molecular weight excluding hydrogens is 320 g/mol. The van der Waals surface area contributed by atoms with Crippen LogP contribution in [0.2, 0.25) is 0 Å². The molecule has 0 amide bonds. The summed E-state index contributed by atoms with van der Waals surface area (Å²) in [4.78, 5) is 15.2. The van der Waals surface area contributed by atoms with Crippen LogP contribution >= 0.6 is 0 Å². The van der Waals surface area contributed by atoms with E-state index in [4.69, 9.17) is 0 Å². The van der Waals surface area contributed by atoms with Gasteiger partial charge in [-0.1, -0.05) is 54.6 Å². The number of rotatable bonds is 5. The summed E-state index contributed by atoms with van der Waals surface area (Å²) in [6.45, 7) is 3.10. The van der Waals surface area contributed by atoms with Crippen molar-refractivity contribution in [2.75, 3.05) is 13.1 Å². The molecule has 132 valence electrons. The molecule has 1 fully saturated rings. The van der Waals surface area contributed by atoms with Gasteiger partial charge in [-0.3, -0.25) is 9.69 Å². The number of hydrogen-bond donors (Lipinski definition) is 0. The number of ketones is 1. The lowest BCUT2D eigenvalue weighted by molar-refractivity contribution is 0.104. The molecule has 4 rings (SSSR count). The zero-order valence-corrected chi connectivity index (χ0v) is 15.1. The Kier molecular flexibility index (Phi) is 4.72. The number of hydrogen-bond acceptors (Lipinski definition) is 2. The van der Waals surface area contributed by atoms with E-state index < -0.39 is 0 Å². The number of benzene rings is 2. The molecular formula is C23H24N2O. The first-order valence-electron chi connectivity index (χ1n) is 9.23. The minimum Gasteiger partial charge on any atom is -0.350 e. The van der Waals surface area contributed by atoms with Crippen LogP contribution in [-0.4, -0.2) is 28.3 Å². The Balaban J connectivity index is 1.41. The molecule has 2 heterocycles. The van der Waals surface area contributed by atoms with Crippen LogP contribution < -0.4 is 0 Å². The SMILES string of the molecule is Cn1cc(C(=O)/C=C/C2CCN(Cc3ccccc3)C2)c2ccccc21. The number of likely N-dealkylation sites (tertiary alicyclic amines) is 1. The molecule has 1 aliphatic rings. The van der Waals surface area contributed by atoms with Crippen molar-refractivity contribution in [2.45, 2.75) is 13.0 Å². The summed E-state index contributed by atoms with van der Waals surface area (Å²) < 4.78 is 2.02. The number of fused-ring (bicyclic) bond motifs is 1. The predicted molar refractivity (Wildman–Crippen MR) is 106 cm³/mol. The van der Waals surface area contributed by atoms with E-state index in [1.165, 1.54) is 5.56 Å². The molecule has 0 radical (unpaired) electrons. The number of nitrogens with zero attached hydrogens (tertiary/aromatic N) is 2. The summed E-state index contributed by atoms with van der Waals surface area (Å²) in [7, 11) is 1.99. The van der Waals surface area contributed by atoms with Crippen molar-refractivity contribution in [2.24, 2.45) is 13.0 Å². The lowest BCUT2D eigenvalue weighted by atomic mass is 10.1. The Morgan fingerprint density at radius 1 is 1.12 bits per heavy atom. The second-order valence-electron chi connectivity index (χ2n) is 7.16. The van der Waals surface area contributed by atoms with Crippen LogP contribution in [0.1, 0.15) is 22.3 Å². The highest BCUT2D eigenvalue weighted by Crippen LogP contribution is 2.23. The van der Waals surface area contributed by atoms with E-state index in [0.717, 1.165) is 42.5 Å². The number of aromatic nitrogens is 1. The van der Waals surface area contributed by atoms with Crippen molar-refractivity contribution in [1.82, 2.24) is 9.47 Å². The van der Waals surface area contributed by atoms with E-state index in [2.05, 4.69) is 41.3 Å². The molecule has 26 heavy (non-hydrogen) atoms. The van der Waals surface area contributed by atoms with Crippen LogP contribution in [0.3, 0.4) is 0 Å². The van der Waals surface area contributed by atoms with Gasteiger partial charge in [-0.25, -0.2) is 0 Å². The number of aryl methyl sites for hydroxylation is 1. The maximum Gasteiger partial charge on any atom is 0.187 e. The van der Waals surface area contributed by atoms with E-state index in [-0.39, 0.29) is 5.78 Å². The largest absolute Gasteiger partial charge is 0.350 e. The maximum absolute atomic E-state index is 12.7. The highest BCUT2D eigenvalue weighted by molar-refractivity contribution is 6.13. The summed E-state index contributed by atoms with van der Waals surface area (Å²) >= 11 is 0. The minimum absolute atomic E-state index is 0.100. The number of carbonyl (C=O) groups is 1. The minimum atomic E-state index is 0.100. The van der Waals surface area contributed by atoms with Crippen LogP contribution in [-0.2, 0) is 13.6 Å². The van der Waals surface area contributed by atoms with Gasteiger partial charge in [0.15, 0.2) is 5.78 Å². The molecule has 1 aromatic heterocycles. The van der Waals surface area contributed by atoms with Gasteiger partial charge < -0.3 is 4.57 Å². The molecule has 0 saturated carbocycles. The first-order chi connectivity index (χ1) is 12.7. The summed E-state index contributed by atoms with van der Waals surface area (Å²) in [5.74, 6) is 0.556. The Bertz CT molecular complexity index is 939. The van der Waals surface area contributed by atoms with Gasteiger partial charge in [0.05, 0.1) is 0 Å². The first kappa shape index (κ1) is 16.8. The number of allylic oxidation sites excluding steroid dienone is 1. The molecule has 0 bridgehead atoms. The van der Waals surface area contributed by atoms with E-state index in [9.17, 15) is 4.79 Å². The fourth-order valence-electron chi connectivity index (χ4n) is 3.86. The molecule has 3 heteroatoms. The Morgan fingerprint density at radius 2 is 1.88 bits per heavy atom. The standard InChI is InChI=1S/C23H24N2O/c1-24-17-21(20-9-5-6-10-22(20)24)23(26)12-11-19-13-14-25(16-19)15-18-7-3-2-4-8-18/h2-12,17,19H,13-16H2,1H3/b12-11+. The third-order valence-electron chi connectivity index (χ3n) is 5.24. The monoisotopic (exact) mass is 344 g/mol. The zero-order chi connectivity index (χ0) is 17.9. The molecule has 0 spiro atoms. The fourth-order valence-corrected chi connectivity index (χ4v) is 3.86. The number of carbonyl (C=O) groups excluding carboxylic acids is 1. The van der Waals surface area contributed by atoms with Crippen LogP contribution in [0.5, 0.6) is 0 Å². The second kappa shape index (κ2) is 7.30. The van der Waals surface area contributed by atoms with Gasteiger partial charge in [0.1, 0.15) is 0 Å². The molecule has 3 nitrogen and oxygen atoms in total. The van der Waals surface area contributed by atoms with Gasteiger partial charge in [-0.05, 0) is 36.6 Å². The Hall–Kier alpha value is -2.65. The van der Waals surface area contributed by atoms with Crippen molar-refractivity contribution in [1.29, 1.82) is 0 Å². The molecule has 1 aliphatic heterocycles. The third-order valence-corrected chi connectivity index (χ3v) is 5.24. The average molecular weight is 344 g/mol. The molecule has 0 aliphatic carbocycles. The van der Waals surface area contributed by atoms with Crippen LogP contribution in [0.15, 0.2) is 72.9 Å². The smallest absolute Gasteiger partial charge is 0.187 e. The summed E-state index contributed by atoms with van der Waals surface area (Å²) in [6, 6.07) is 18.6. The first-order valence-corrected chi connectivity index (χ1v) is 9.23. The normalized spacial score (nSPS) is 18.1. The Morgan fingerprint density at radius 3 is 2.73 bits per heavy atom. The predicted octanol–water partition coefficient (Wildman–Crippen LogP) is 4.44. The van der Waals surface area contributed by atoms with Crippen LogP contribution in [0, 0.1) is 5.92 Å². The van der Waals surface area contributed by atoms with Gasteiger partial charge in [0.2, 0.25) is 0 Å². The lowest BCUT2D eigenvalue weighted by Gasteiger charge is -2.15. The van der Waals surface area contributed by atoms with Crippen molar-refractivity contribution in [3.8, 4) is 0 Å². The van der Waals surface area contributed by atoms with E-state index in [1.54, 1.807) is 6.08 Å². The van der Waals surface area contributed by atoms with Crippen molar-refractivity contribution in [3.63, 3.8) is 0 Å². The maximum atomic E-state index is 12.7. The van der Waals surface area contributed by atoms with Crippen molar-refractivity contribution in [3.05, 3.63) is 84.1 Å². The Labute approximate surface area is 154 Å². The second-order valence-corrected chi connectivity index (χ2v) is 7.16. The topological polar surface area (TPSA) is 25.2 Å². The van der Waals surface area contributed by atoms with E-state index >= 15 is 0 Å². The molecule has 2 aromatic carbocycles. The third kappa shape index (κ3) is 3.49. The van der Waals surface area contributed by atoms with E-state index in [0.29, 0.717) is 5.92 Å². The highest BCUT2D eigenvalue weighted by Gasteiger charge is 2.21. The van der Waals surface area contributed by atoms with Gasteiger partial charge in [-0.15, -0.1) is 0 Å². The quantitative estimate of drug-likeness (QED) is 0.505. The summed E-state index contributed by atoms with van der Waals surface area (Å²) in [6.07, 6.45) is 6.94. The van der Waals surface area contributed by atoms with Crippen LogP contribution in [0.4, 0.5) is 0 Å². The highest BCUT2D eigenvalue weighted by atomic mass is 16.1. The van der Waals surface area contributed by atoms with Crippen molar-refractivity contribution < 1.29 is 4.79 Å². The summed E-state index contributed by atoms with van der Waals surface area (Å²) in [5.41, 5.74) is 3.24. The van der Waals surface area contributed by atoms with Gasteiger partial charge in [0, 0.05) is 42.8 Å². The van der Waals surface area contributed by atoms with Gasteiger partial charge >= 0.3 is 0 Å². The zero-order valence-electron chi connectivity index (χ0n) is 15.1. The number of para-hydroxylation sites is 1. The molecule has 1 saturated heterocycles. The van der Waals surface area contributed by atoms with Gasteiger partial charge in [-0.2, -0.15) is 0 Å². The van der Waals surface area contributed by atoms with Crippen molar-refractivity contribution >= 4 is 16.7 Å². The molecule has 1 unspecified atom stereocenters. The van der Waals surface area contributed by atoms with Gasteiger partial charge in [0.25, 0.3) is 0 Å². The lowest BCUT2D eigenvalue weighted by Crippen LogP contribution is -2.19. The summed E-state index contributed by atoms with van der Waals surface area (Å²) in [5, 5.41) is 1.03. The fraction of sp³-hybridized carbons (Fsp3) is 0.261. The average Bonchev–Trinajstić information content (AvgIpc) is 3.25. The molecule has 0 N–H and O–H groups in total. The molecule has 3 aromatic rings. The van der Waals surface area contributed by atoms with Crippen LogP contribution in [0.25, 0.3) is 10.9 Å². The molecule has 1 atom stereocenters. The van der Waals surface area contributed by atoms with E-state index in [1.807, 2.05) is 42.1 Å².